The molecule has 0 aliphatic heterocycles. The van der Waals surface area contributed by atoms with Crippen molar-refractivity contribution in [1.29, 1.82) is 0 Å². The van der Waals surface area contributed by atoms with Gasteiger partial charge in [-0.2, -0.15) is 18.2 Å². The topological polar surface area (TPSA) is 73.1 Å². The normalized spacial score (nSPS) is 11.2. The lowest BCUT2D eigenvalue weighted by atomic mass is 10.2. The first-order chi connectivity index (χ1) is 9.38. The van der Waals surface area contributed by atoms with E-state index < -0.39 is 12.0 Å². The van der Waals surface area contributed by atoms with Gasteiger partial charge in [0.05, 0.1) is 0 Å². The number of aromatic nitrogens is 2. The minimum atomic E-state index is -4.68. The predicted octanol–water partition coefficient (Wildman–Crippen LogP) is 2.88. The maximum absolute atomic E-state index is 12.6. The molecule has 3 N–H and O–H groups in total. The van der Waals surface area contributed by atoms with Gasteiger partial charge in [-0.3, -0.25) is 0 Å². The number of nitrogens with zero attached hydrogens (tertiary/aromatic N) is 2. The molecule has 0 aliphatic carbocycles. The summed E-state index contributed by atoms with van der Waals surface area (Å²) in [7, 11) is 0. The van der Waals surface area contributed by atoms with Gasteiger partial charge in [-0.15, -0.1) is 0 Å². The first kappa shape index (κ1) is 14.1. The van der Waals surface area contributed by atoms with Crippen molar-refractivity contribution in [3.63, 3.8) is 0 Å². The summed E-state index contributed by atoms with van der Waals surface area (Å²) < 4.78 is 43.2. The molecule has 0 radical (unpaired) electrons. The summed E-state index contributed by atoms with van der Waals surface area (Å²) in [6, 6.07) is 8.01. The number of nitrogens with two attached hydrogens (primary N) is 1. The molecule has 1 heterocycles. The summed E-state index contributed by atoms with van der Waals surface area (Å²) in [6.07, 6.45) is -4.68. The summed E-state index contributed by atoms with van der Waals surface area (Å²) in [5, 5.41) is 0. The van der Waals surface area contributed by atoms with Crippen molar-refractivity contribution >= 4 is 5.82 Å². The van der Waals surface area contributed by atoms with Gasteiger partial charge < -0.3 is 10.2 Å². The van der Waals surface area contributed by atoms with E-state index in [2.05, 4.69) is 9.97 Å². The highest BCUT2D eigenvalue weighted by Gasteiger charge is 2.35. The Balaban J connectivity index is 2.36. The molecular weight excluding hydrogens is 273 g/mol. The van der Waals surface area contributed by atoms with Gasteiger partial charge in [0, 0.05) is 6.07 Å². The van der Waals surface area contributed by atoms with Crippen LogP contribution in [0.4, 0.5) is 19.0 Å². The molecule has 8 heteroatoms. The zero-order chi connectivity index (χ0) is 14.8. The lowest BCUT2D eigenvalue weighted by Gasteiger charge is -2.10. The van der Waals surface area contributed by atoms with Crippen LogP contribution in [-0.4, -0.2) is 9.97 Å². The van der Waals surface area contributed by atoms with Crippen molar-refractivity contribution < 1.29 is 17.9 Å². The number of halogens is 3. The molecule has 0 unspecified atom stereocenters. The molecule has 1 aromatic heterocycles. The SMILES string of the molecule is Cc1cccc(Oc2cc(NN)nc(C(F)(F)F)n2)c1. The highest BCUT2D eigenvalue weighted by Crippen LogP contribution is 2.30. The quantitative estimate of drug-likeness (QED) is 0.669. The van der Waals surface area contributed by atoms with Gasteiger partial charge in [-0.1, -0.05) is 12.1 Å². The zero-order valence-corrected chi connectivity index (χ0v) is 10.4. The molecule has 1 aromatic carbocycles. The molecule has 2 aromatic rings. The van der Waals surface area contributed by atoms with E-state index in [9.17, 15) is 13.2 Å². The lowest BCUT2D eigenvalue weighted by molar-refractivity contribution is -0.145. The second-order valence-corrected chi connectivity index (χ2v) is 3.98. The number of hydrogen-bond donors (Lipinski definition) is 2. The van der Waals surface area contributed by atoms with Crippen LogP contribution in [0.5, 0.6) is 11.6 Å². The van der Waals surface area contributed by atoms with Gasteiger partial charge in [-0.25, -0.2) is 10.8 Å². The van der Waals surface area contributed by atoms with Crippen LogP contribution in [0.15, 0.2) is 30.3 Å². The van der Waals surface area contributed by atoms with E-state index in [-0.39, 0.29) is 11.7 Å². The molecule has 0 fully saturated rings. The number of hydrazine groups is 1. The van der Waals surface area contributed by atoms with Crippen LogP contribution in [0.2, 0.25) is 0 Å². The first-order valence-electron chi connectivity index (χ1n) is 5.56. The molecule has 0 bridgehead atoms. The van der Waals surface area contributed by atoms with Crippen molar-refractivity contribution in [2.45, 2.75) is 13.1 Å². The Morgan fingerprint density at radius 2 is 1.95 bits per heavy atom. The van der Waals surface area contributed by atoms with Crippen molar-refractivity contribution in [3.8, 4) is 11.6 Å². The number of nitrogens with one attached hydrogen (secondary N) is 1. The third kappa shape index (κ3) is 3.35. The van der Waals surface area contributed by atoms with Crippen LogP contribution >= 0.6 is 0 Å². The summed E-state index contributed by atoms with van der Waals surface area (Å²) in [4.78, 5) is 6.55. The van der Waals surface area contributed by atoms with E-state index in [1.54, 1.807) is 18.2 Å². The fraction of sp³-hybridized carbons (Fsp3) is 0.167. The van der Waals surface area contributed by atoms with Crippen LogP contribution < -0.4 is 16.0 Å². The molecule has 0 saturated heterocycles. The van der Waals surface area contributed by atoms with Crippen molar-refractivity contribution in [3.05, 3.63) is 41.7 Å². The van der Waals surface area contributed by atoms with Crippen LogP contribution in [0.25, 0.3) is 0 Å². The minimum Gasteiger partial charge on any atom is -0.439 e. The highest BCUT2D eigenvalue weighted by atomic mass is 19.4. The maximum Gasteiger partial charge on any atom is 0.451 e. The molecule has 0 saturated carbocycles. The van der Waals surface area contributed by atoms with Crippen LogP contribution in [-0.2, 0) is 6.18 Å². The number of aryl methyl sites for hydroxylation is 1. The van der Waals surface area contributed by atoms with Gasteiger partial charge >= 0.3 is 6.18 Å². The number of rotatable bonds is 3. The molecule has 0 atom stereocenters. The van der Waals surface area contributed by atoms with E-state index in [4.69, 9.17) is 10.6 Å². The van der Waals surface area contributed by atoms with Crippen molar-refractivity contribution in [2.24, 2.45) is 5.84 Å². The molecule has 2 rings (SSSR count). The van der Waals surface area contributed by atoms with Gasteiger partial charge in [0.15, 0.2) is 0 Å². The average Bonchev–Trinajstić information content (AvgIpc) is 2.37. The van der Waals surface area contributed by atoms with Gasteiger partial charge in [0.25, 0.3) is 0 Å². The molecule has 20 heavy (non-hydrogen) atoms. The summed E-state index contributed by atoms with van der Waals surface area (Å²) in [5.41, 5.74) is 2.95. The standard InChI is InChI=1S/C12H11F3N4O/c1-7-3-2-4-8(5-7)20-10-6-9(19-16)17-11(18-10)12(13,14)15/h2-6H,16H2,1H3,(H,17,18,19). The van der Waals surface area contributed by atoms with E-state index >= 15 is 0 Å². The largest absolute Gasteiger partial charge is 0.451 e. The molecule has 5 nitrogen and oxygen atoms in total. The molecule has 0 aliphatic rings. The Hall–Kier alpha value is -2.35. The molecular formula is C12H11F3N4O. The number of nitrogen functional groups attached to an aromatic ring is 1. The van der Waals surface area contributed by atoms with E-state index in [0.717, 1.165) is 5.56 Å². The Bertz CT molecular complexity index is 616. The smallest absolute Gasteiger partial charge is 0.439 e. The Labute approximate surface area is 112 Å². The number of hydrogen-bond acceptors (Lipinski definition) is 5. The molecule has 0 amide bonds. The zero-order valence-electron chi connectivity index (χ0n) is 10.4. The van der Waals surface area contributed by atoms with Gasteiger partial charge in [-0.05, 0) is 24.6 Å². The van der Waals surface area contributed by atoms with Gasteiger partial charge in [0.1, 0.15) is 11.6 Å². The Morgan fingerprint density at radius 1 is 1.20 bits per heavy atom. The summed E-state index contributed by atoms with van der Waals surface area (Å²) in [5.74, 6) is 3.71. The fourth-order valence-electron chi connectivity index (χ4n) is 1.48. The van der Waals surface area contributed by atoms with E-state index in [1.807, 2.05) is 18.4 Å². The van der Waals surface area contributed by atoms with Crippen LogP contribution in [0.1, 0.15) is 11.4 Å². The predicted molar refractivity (Wildman–Crippen MR) is 66.1 cm³/mol. The second-order valence-electron chi connectivity index (χ2n) is 3.98. The summed E-state index contributed by atoms with van der Waals surface area (Å²) >= 11 is 0. The van der Waals surface area contributed by atoms with Gasteiger partial charge in [0.2, 0.25) is 11.7 Å². The van der Waals surface area contributed by atoms with Crippen molar-refractivity contribution in [2.75, 3.05) is 5.43 Å². The Morgan fingerprint density at radius 3 is 2.55 bits per heavy atom. The lowest BCUT2D eigenvalue weighted by Crippen LogP contribution is -2.16. The first-order valence-corrected chi connectivity index (χ1v) is 5.56. The number of alkyl halides is 3. The third-order valence-corrected chi connectivity index (χ3v) is 2.32. The van der Waals surface area contributed by atoms with E-state index in [0.29, 0.717) is 5.75 Å². The monoisotopic (exact) mass is 284 g/mol. The fourth-order valence-corrected chi connectivity index (χ4v) is 1.48. The van der Waals surface area contributed by atoms with Crippen LogP contribution in [0.3, 0.4) is 0 Å². The third-order valence-electron chi connectivity index (χ3n) is 2.32. The maximum atomic E-state index is 12.6. The average molecular weight is 284 g/mol. The van der Waals surface area contributed by atoms with Crippen molar-refractivity contribution in [1.82, 2.24) is 9.97 Å². The van der Waals surface area contributed by atoms with Crippen LogP contribution in [0, 0.1) is 6.92 Å². The minimum absolute atomic E-state index is 0.185. The number of benzene rings is 1. The highest BCUT2D eigenvalue weighted by molar-refractivity contribution is 5.39. The second kappa shape index (κ2) is 5.33. The van der Waals surface area contributed by atoms with E-state index in [1.165, 1.54) is 6.07 Å². The number of anilines is 1. The molecule has 0 spiro atoms. The summed E-state index contributed by atoms with van der Waals surface area (Å²) in [6.45, 7) is 1.83. The Kier molecular flexibility index (Phi) is 3.75. The molecule has 106 valence electrons. The number of ether oxygens (including phenoxy) is 1.